The molecule has 2 heterocycles. The molecule has 2 aromatic carbocycles. The van der Waals surface area contributed by atoms with Crippen LogP contribution in [0.15, 0.2) is 58.4 Å². The maximum absolute atomic E-state index is 11.9. The number of hydrogen-bond donors (Lipinski definition) is 5. The van der Waals surface area contributed by atoms with E-state index in [1.165, 1.54) is 0 Å². The first kappa shape index (κ1) is 28.2. The van der Waals surface area contributed by atoms with Gasteiger partial charge in [0.05, 0.1) is 28.0 Å². The van der Waals surface area contributed by atoms with E-state index in [2.05, 4.69) is 25.8 Å². The van der Waals surface area contributed by atoms with Crippen molar-refractivity contribution in [3.8, 4) is 11.4 Å². The Morgan fingerprint density at radius 3 is 2.45 bits per heavy atom. The fourth-order valence-electron chi connectivity index (χ4n) is 4.55. The maximum atomic E-state index is 11.9. The average molecular weight is 602 g/mol. The van der Waals surface area contributed by atoms with E-state index in [1.54, 1.807) is 11.3 Å². The third-order valence-corrected chi connectivity index (χ3v) is 7.94. The Balaban J connectivity index is 1.65. The van der Waals surface area contributed by atoms with Gasteiger partial charge in [0.15, 0.2) is 0 Å². The standard InChI is InChI=1S/C27H33BrN6O3S/c28-25-8-6-21(38-25)17-31-22(16-26(30)37)19-3-7-24-23(15-19)32-27(34(24)10-9-29)18-1-4-20(5-2-18)33(11-13-35)12-14-36/h1-8,15,22,31,35-36H,9-14,16-17,29H2,(H2,30,37). The fraction of sp³-hybridized carbons (Fsp3) is 0.333. The number of amides is 1. The third-order valence-electron chi connectivity index (χ3n) is 6.31. The molecule has 1 unspecified atom stereocenters. The molecule has 0 aliphatic rings. The number of nitrogens with one attached hydrogen (secondary N) is 1. The van der Waals surface area contributed by atoms with Crippen molar-refractivity contribution in [3.63, 3.8) is 0 Å². The lowest BCUT2D eigenvalue weighted by Gasteiger charge is -2.23. The number of rotatable bonds is 14. The van der Waals surface area contributed by atoms with Gasteiger partial charge in [0.1, 0.15) is 5.82 Å². The number of fused-ring (bicyclic) bond motifs is 1. The van der Waals surface area contributed by atoms with E-state index >= 15 is 0 Å². The molecule has 202 valence electrons. The Hall–Kier alpha value is -2.80. The molecule has 0 saturated carbocycles. The molecule has 7 N–H and O–H groups in total. The number of aliphatic hydroxyl groups is 2. The maximum Gasteiger partial charge on any atom is 0.219 e. The molecule has 9 nitrogen and oxygen atoms in total. The van der Waals surface area contributed by atoms with Crippen molar-refractivity contribution < 1.29 is 15.0 Å². The minimum absolute atomic E-state index is 0.00680. The van der Waals surface area contributed by atoms with Gasteiger partial charge in [-0.05, 0) is 70.0 Å². The molecule has 0 fully saturated rings. The second-order valence-electron chi connectivity index (χ2n) is 8.91. The molecular formula is C27H33BrN6O3S. The molecule has 1 atom stereocenters. The summed E-state index contributed by atoms with van der Waals surface area (Å²) in [5.41, 5.74) is 16.1. The number of nitrogens with two attached hydrogens (primary N) is 2. The number of carbonyl (C=O) groups excluding carboxylic acids is 1. The Labute approximate surface area is 234 Å². The highest BCUT2D eigenvalue weighted by Crippen LogP contribution is 2.30. The van der Waals surface area contributed by atoms with Gasteiger partial charge in [-0.2, -0.15) is 0 Å². The number of primary amides is 1. The van der Waals surface area contributed by atoms with Gasteiger partial charge in [-0.15, -0.1) is 11.3 Å². The van der Waals surface area contributed by atoms with Crippen molar-refractivity contribution in [1.82, 2.24) is 14.9 Å². The van der Waals surface area contributed by atoms with E-state index in [1.807, 2.05) is 59.5 Å². The Morgan fingerprint density at radius 2 is 1.84 bits per heavy atom. The van der Waals surface area contributed by atoms with E-state index in [0.29, 0.717) is 32.7 Å². The number of hydrogen-bond acceptors (Lipinski definition) is 8. The number of aromatic nitrogens is 2. The topological polar surface area (TPSA) is 143 Å². The third kappa shape index (κ3) is 6.79. The summed E-state index contributed by atoms with van der Waals surface area (Å²) < 4.78 is 3.16. The second kappa shape index (κ2) is 13.3. The second-order valence-corrected chi connectivity index (χ2v) is 11.5. The summed E-state index contributed by atoms with van der Waals surface area (Å²) in [4.78, 5) is 19.9. The number of aliphatic hydroxyl groups excluding tert-OH is 2. The van der Waals surface area contributed by atoms with Crippen molar-refractivity contribution in [1.29, 1.82) is 0 Å². The normalized spacial score (nSPS) is 12.2. The van der Waals surface area contributed by atoms with Crippen molar-refractivity contribution in [2.75, 3.05) is 37.7 Å². The van der Waals surface area contributed by atoms with Crippen LogP contribution in [0.2, 0.25) is 0 Å². The highest BCUT2D eigenvalue weighted by Gasteiger charge is 2.18. The summed E-state index contributed by atoms with van der Waals surface area (Å²) in [5.74, 6) is 0.425. The van der Waals surface area contributed by atoms with Crippen LogP contribution in [0, 0.1) is 0 Å². The molecule has 0 aliphatic carbocycles. The molecule has 38 heavy (non-hydrogen) atoms. The molecule has 4 rings (SSSR count). The summed E-state index contributed by atoms with van der Waals surface area (Å²) >= 11 is 5.14. The van der Waals surface area contributed by atoms with E-state index in [9.17, 15) is 15.0 Å². The molecule has 0 saturated heterocycles. The minimum atomic E-state index is -0.374. The summed E-state index contributed by atoms with van der Waals surface area (Å²) in [7, 11) is 0. The van der Waals surface area contributed by atoms with Crippen molar-refractivity contribution >= 4 is 49.9 Å². The zero-order valence-corrected chi connectivity index (χ0v) is 23.4. The first-order valence-corrected chi connectivity index (χ1v) is 14.1. The first-order valence-electron chi connectivity index (χ1n) is 12.5. The largest absolute Gasteiger partial charge is 0.395 e. The van der Waals surface area contributed by atoms with Crippen molar-refractivity contribution in [2.24, 2.45) is 11.5 Å². The van der Waals surface area contributed by atoms with Crippen LogP contribution in [-0.2, 0) is 17.9 Å². The number of carbonyl (C=O) groups is 1. The quantitative estimate of drug-likeness (QED) is 0.150. The zero-order valence-electron chi connectivity index (χ0n) is 21.0. The molecule has 0 aliphatic heterocycles. The molecule has 4 aromatic rings. The van der Waals surface area contributed by atoms with Gasteiger partial charge in [0.2, 0.25) is 5.91 Å². The van der Waals surface area contributed by atoms with Gasteiger partial charge in [-0.1, -0.05) is 6.07 Å². The highest BCUT2D eigenvalue weighted by atomic mass is 79.9. The Bertz CT molecular complexity index is 1350. The predicted molar refractivity (Wildman–Crippen MR) is 156 cm³/mol. The van der Waals surface area contributed by atoms with Gasteiger partial charge >= 0.3 is 0 Å². The lowest BCUT2D eigenvalue weighted by atomic mass is 10.0. The number of thiophene rings is 1. The van der Waals surface area contributed by atoms with Gasteiger partial charge in [0.25, 0.3) is 0 Å². The van der Waals surface area contributed by atoms with Crippen LogP contribution in [-0.4, -0.2) is 58.5 Å². The number of nitrogens with zero attached hydrogens (tertiary/aromatic N) is 3. The summed E-state index contributed by atoms with van der Waals surface area (Å²) in [6.45, 7) is 2.58. The van der Waals surface area contributed by atoms with Gasteiger partial charge in [0, 0.05) is 61.3 Å². The zero-order chi connectivity index (χ0) is 27.1. The van der Waals surface area contributed by atoms with Crippen LogP contribution >= 0.6 is 27.3 Å². The average Bonchev–Trinajstić information content (AvgIpc) is 3.49. The number of benzene rings is 2. The van der Waals surface area contributed by atoms with Gasteiger partial charge in [-0.3, -0.25) is 4.79 Å². The number of imidazole rings is 1. The molecule has 0 bridgehead atoms. The Kier molecular flexibility index (Phi) is 9.89. The smallest absolute Gasteiger partial charge is 0.219 e. The minimum Gasteiger partial charge on any atom is -0.395 e. The lowest BCUT2D eigenvalue weighted by molar-refractivity contribution is -0.118. The van der Waals surface area contributed by atoms with Crippen molar-refractivity contribution in [2.45, 2.75) is 25.6 Å². The van der Waals surface area contributed by atoms with E-state index in [-0.39, 0.29) is 31.6 Å². The molecule has 2 aromatic heterocycles. The van der Waals surface area contributed by atoms with Crippen LogP contribution in [0.1, 0.15) is 22.9 Å². The number of anilines is 1. The summed E-state index contributed by atoms with van der Waals surface area (Å²) in [5, 5.41) is 22.2. The van der Waals surface area contributed by atoms with Gasteiger partial charge < -0.3 is 36.5 Å². The molecule has 0 spiro atoms. The first-order chi connectivity index (χ1) is 18.4. The van der Waals surface area contributed by atoms with E-state index < -0.39 is 0 Å². The molecule has 1 amide bonds. The van der Waals surface area contributed by atoms with Crippen LogP contribution in [0.3, 0.4) is 0 Å². The van der Waals surface area contributed by atoms with Crippen molar-refractivity contribution in [3.05, 3.63) is 68.8 Å². The highest BCUT2D eigenvalue weighted by molar-refractivity contribution is 9.11. The monoisotopic (exact) mass is 600 g/mol. The van der Waals surface area contributed by atoms with Crippen LogP contribution in [0.25, 0.3) is 22.4 Å². The SMILES string of the molecule is NCCn1c(-c2ccc(N(CCO)CCO)cc2)nc2cc(C(CC(N)=O)NCc3ccc(Br)s3)ccc21. The Morgan fingerprint density at radius 1 is 1.11 bits per heavy atom. The molecular weight excluding hydrogens is 568 g/mol. The molecule has 11 heteroatoms. The predicted octanol–water partition coefficient (Wildman–Crippen LogP) is 2.98. The number of halogens is 1. The van der Waals surface area contributed by atoms with E-state index in [4.69, 9.17) is 16.5 Å². The summed E-state index contributed by atoms with van der Waals surface area (Å²) in [6, 6.07) is 17.8. The van der Waals surface area contributed by atoms with Crippen LogP contribution in [0.4, 0.5) is 5.69 Å². The lowest BCUT2D eigenvalue weighted by Crippen LogP contribution is -2.29. The van der Waals surface area contributed by atoms with Crippen LogP contribution < -0.4 is 21.7 Å². The van der Waals surface area contributed by atoms with E-state index in [0.717, 1.165) is 42.3 Å². The van der Waals surface area contributed by atoms with Gasteiger partial charge in [-0.25, -0.2) is 4.98 Å². The van der Waals surface area contributed by atoms with Crippen LogP contribution in [0.5, 0.6) is 0 Å². The molecule has 0 radical (unpaired) electrons. The fourth-order valence-corrected chi connectivity index (χ4v) is 5.99. The summed E-state index contributed by atoms with van der Waals surface area (Å²) in [6.07, 6.45) is 0.175.